The third kappa shape index (κ3) is 6.39. The van der Waals surface area contributed by atoms with Crippen molar-refractivity contribution in [2.24, 2.45) is 5.92 Å². The molecule has 2 N–H and O–H groups in total. The summed E-state index contributed by atoms with van der Waals surface area (Å²) < 4.78 is 0. The van der Waals surface area contributed by atoms with Gasteiger partial charge in [0.15, 0.2) is 0 Å². The van der Waals surface area contributed by atoms with Gasteiger partial charge in [-0.1, -0.05) is 25.7 Å². The first-order valence-corrected chi connectivity index (χ1v) is 7.15. The summed E-state index contributed by atoms with van der Waals surface area (Å²) in [5, 5.41) is 13.3. The quantitative estimate of drug-likeness (QED) is 0.698. The Labute approximate surface area is 107 Å². The molecule has 0 aromatic heterocycles. The second-order valence-electron chi connectivity index (χ2n) is 5.86. The highest BCUT2D eigenvalue weighted by atomic mass is 16.3. The SMILES string of the molecule is C[C@H](NCC(O)CN(C)C)C1CCCCCC1. The van der Waals surface area contributed by atoms with Crippen LogP contribution in [0.4, 0.5) is 0 Å². The Morgan fingerprint density at radius 3 is 2.29 bits per heavy atom. The molecular weight excluding hydrogens is 212 g/mol. The summed E-state index contributed by atoms with van der Waals surface area (Å²) in [6, 6.07) is 0.546. The predicted octanol–water partition coefficient (Wildman–Crippen LogP) is 1.86. The van der Waals surface area contributed by atoms with Crippen LogP contribution in [0.2, 0.25) is 0 Å². The molecule has 2 atom stereocenters. The fourth-order valence-corrected chi connectivity index (χ4v) is 2.79. The highest BCUT2D eigenvalue weighted by Gasteiger charge is 2.19. The Hall–Kier alpha value is -0.120. The van der Waals surface area contributed by atoms with Crippen LogP contribution in [0.25, 0.3) is 0 Å². The maximum Gasteiger partial charge on any atom is 0.0791 e. The number of nitrogens with one attached hydrogen (secondary N) is 1. The smallest absolute Gasteiger partial charge is 0.0791 e. The van der Waals surface area contributed by atoms with Crippen molar-refractivity contribution in [3.8, 4) is 0 Å². The standard InChI is InChI=1S/C14H30N2O/c1-12(13-8-6-4-5-7-9-13)15-10-14(17)11-16(2)3/h12-15,17H,4-11H2,1-3H3/t12-,14?/m0/s1. The zero-order chi connectivity index (χ0) is 12.7. The molecule has 102 valence electrons. The molecule has 1 rings (SSSR count). The van der Waals surface area contributed by atoms with Crippen LogP contribution in [0.3, 0.4) is 0 Å². The van der Waals surface area contributed by atoms with E-state index in [2.05, 4.69) is 12.2 Å². The molecule has 0 spiro atoms. The van der Waals surface area contributed by atoms with Crippen LogP contribution < -0.4 is 5.32 Å². The van der Waals surface area contributed by atoms with E-state index < -0.39 is 0 Å². The van der Waals surface area contributed by atoms with Gasteiger partial charge < -0.3 is 15.3 Å². The van der Waals surface area contributed by atoms with E-state index in [1.165, 1.54) is 38.5 Å². The van der Waals surface area contributed by atoms with Gasteiger partial charge >= 0.3 is 0 Å². The first-order valence-electron chi connectivity index (χ1n) is 7.15. The van der Waals surface area contributed by atoms with E-state index in [0.717, 1.165) is 19.0 Å². The molecule has 1 unspecified atom stereocenters. The molecular formula is C14H30N2O. The van der Waals surface area contributed by atoms with Gasteiger partial charge in [0.25, 0.3) is 0 Å². The van der Waals surface area contributed by atoms with E-state index in [1.54, 1.807) is 0 Å². The van der Waals surface area contributed by atoms with Crippen molar-refractivity contribution in [3.05, 3.63) is 0 Å². The molecule has 3 nitrogen and oxygen atoms in total. The molecule has 1 fully saturated rings. The summed E-state index contributed by atoms with van der Waals surface area (Å²) in [5.41, 5.74) is 0. The highest BCUT2D eigenvalue weighted by Crippen LogP contribution is 2.25. The van der Waals surface area contributed by atoms with E-state index >= 15 is 0 Å². The number of hydrogen-bond donors (Lipinski definition) is 2. The minimum atomic E-state index is -0.252. The molecule has 17 heavy (non-hydrogen) atoms. The van der Waals surface area contributed by atoms with Gasteiger partial charge in [-0.3, -0.25) is 0 Å². The Kier molecular flexibility index (Phi) is 7.09. The van der Waals surface area contributed by atoms with Crippen LogP contribution >= 0.6 is 0 Å². The Morgan fingerprint density at radius 2 is 1.76 bits per heavy atom. The van der Waals surface area contributed by atoms with E-state index in [-0.39, 0.29) is 6.10 Å². The van der Waals surface area contributed by atoms with E-state index in [4.69, 9.17) is 0 Å². The number of nitrogens with zero attached hydrogens (tertiary/aromatic N) is 1. The van der Waals surface area contributed by atoms with Crippen LogP contribution in [0, 0.1) is 5.92 Å². The summed E-state index contributed by atoms with van der Waals surface area (Å²) in [4.78, 5) is 2.03. The van der Waals surface area contributed by atoms with Crippen molar-refractivity contribution in [2.75, 3.05) is 27.2 Å². The third-order valence-corrected chi connectivity index (χ3v) is 3.86. The molecule has 0 aliphatic heterocycles. The van der Waals surface area contributed by atoms with Crippen molar-refractivity contribution in [1.29, 1.82) is 0 Å². The Bertz CT molecular complexity index is 189. The molecule has 0 radical (unpaired) electrons. The molecule has 0 amide bonds. The van der Waals surface area contributed by atoms with Gasteiger partial charge in [0.2, 0.25) is 0 Å². The van der Waals surface area contributed by atoms with E-state index in [1.807, 2.05) is 19.0 Å². The van der Waals surface area contributed by atoms with E-state index in [0.29, 0.717) is 6.04 Å². The molecule has 0 aromatic rings. The molecule has 0 saturated heterocycles. The summed E-state index contributed by atoms with van der Waals surface area (Å²) in [5.74, 6) is 0.809. The van der Waals surface area contributed by atoms with Crippen LogP contribution in [0.1, 0.15) is 45.4 Å². The van der Waals surface area contributed by atoms with Gasteiger partial charge in [-0.2, -0.15) is 0 Å². The first-order chi connectivity index (χ1) is 8.09. The molecule has 0 bridgehead atoms. The number of aliphatic hydroxyl groups excluding tert-OH is 1. The Morgan fingerprint density at radius 1 is 1.18 bits per heavy atom. The second kappa shape index (κ2) is 8.06. The lowest BCUT2D eigenvalue weighted by Crippen LogP contribution is -2.41. The molecule has 0 aromatic carbocycles. The lowest BCUT2D eigenvalue weighted by molar-refractivity contribution is 0.128. The minimum Gasteiger partial charge on any atom is -0.390 e. The van der Waals surface area contributed by atoms with E-state index in [9.17, 15) is 5.11 Å². The van der Waals surface area contributed by atoms with Crippen LogP contribution in [0.15, 0.2) is 0 Å². The monoisotopic (exact) mass is 242 g/mol. The average Bonchev–Trinajstić information content (AvgIpc) is 2.53. The summed E-state index contributed by atoms with van der Waals surface area (Å²) in [7, 11) is 4.00. The molecule has 0 heterocycles. The molecule has 3 heteroatoms. The maximum absolute atomic E-state index is 9.82. The lowest BCUT2D eigenvalue weighted by atomic mass is 9.93. The first kappa shape index (κ1) is 14.9. The zero-order valence-corrected chi connectivity index (χ0v) is 11.8. The van der Waals surface area contributed by atoms with Crippen molar-refractivity contribution >= 4 is 0 Å². The fraction of sp³-hybridized carbons (Fsp3) is 1.00. The normalized spacial score (nSPS) is 22.4. The molecule has 1 aliphatic carbocycles. The van der Waals surface area contributed by atoms with Gasteiger partial charge in [0.05, 0.1) is 6.10 Å². The second-order valence-corrected chi connectivity index (χ2v) is 5.86. The van der Waals surface area contributed by atoms with Gasteiger partial charge in [0, 0.05) is 19.1 Å². The van der Waals surface area contributed by atoms with Crippen molar-refractivity contribution < 1.29 is 5.11 Å². The van der Waals surface area contributed by atoms with Crippen LogP contribution in [0.5, 0.6) is 0 Å². The highest BCUT2D eigenvalue weighted by molar-refractivity contribution is 4.76. The van der Waals surface area contributed by atoms with Crippen molar-refractivity contribution in [3.63, 3.8) is 0 Å². The number of aliphatic hydroxyl groups is 1. The fourth-order valence-electron chi connectivity index (χ4n) is 2.79. The summed E-state index contributed by atoms with van der Waals surface area (Å²) >= 11 is 0. The number of rotatable bonds is 6. The largest absolute Gasteiger partial charge is 0.390 e. The molecule has 1 aliphatic rings. The minimum absolute atomic E-state index is 0.252. The lowest BCUT2D eigenvalue weighted by Gasteiger charge is -2.25. The topological polar surface area (TPSA) is 35.5 Å². The molecule has 1 saturated carbocycles. The predicted molar refractivity (Wildman–Crippen MR) is 73.2 cm³/mol. The van der Waals surface area contributed by atoms with Crippen molar-refractivity contribution in [2.45, 2.75) is 57.6 Å². The maximum atomic E-state index is 9.82. The average molecular weight is 242 g/mol. The van der Waals surface area contributed by atoms with Gasteiger partial charge in [-0.25, -0.2) is 0 Å². The van der Waals surface area contributed by atoms with Crippen LogP contribution in [-0.2, 0) is 0 Å². The third-order valence-electron chi connectivity index (χ3n) is 3.86. The Balaban J connectivity index is 2.20. The number of likely N-dealkylation sites (N-methyl/N-ethyl adjacent to an activating group) is 1. The van der Waals surface area contributed by atoms with Gasteiger partial charge in [-0.15, -0.1) is 0 Å². The van der Waals surface area contributed by atoms with Crippen LogP contribution in [-0.4, -0.2) is 49.3 Å². The zero-order valence-electron chi connectivity index (χ0n) is 11.8. The van der Waals surface area contributed by atoms with Gasteiger partial charge in [0.1, 0.15) is 0 Å². The summed E-state index contributed by atoms with van der Waals surface area (Å²) in [6.07, 6.45) is 8.06. The number of hydrogen-bond acceptors (Lipinski definition) is 3. The van der Waals surface area contributed by atoms with Gasteiger partial charge in [-0.05, 0) is 39.8 Å². The summed E-state index contributed by atoms with van der Waals surface area (Å²) in [6.45, 7) is 3.73. The van der Waals surface area contributed by atoms with Crippen molar-refractivity contribution in [1.82, 2.24) is 10.2 Å².